The maximum absolute atomic E-state index is 11.5. The van der Waals surface area contributed by atoms with Crippen molar-refractivity contribution in [2.24, 2.45) is 0 Å². The van der Waals surface area contributed by atoms with Crippen LogP contribution in [0.3, 0.4) is 0 Å². The van der Waals surface area contributed by atoms with Gasteiger partial charge in [-0.2, -0.15) is 0 Å². The van der Waals surface area contributed by atoms with Crippen LogP contribution in [0.5, 0.6) is 0 Å². The highest BCUT2D eigenvalue weighted by Gasteiger charge is 2.25. The van der Waals surface area contributed by atoms with Crippen molar-refractivity contribution in [3.63, 3.8) is 0 Å². The standard InChI is InChI=1S/C12H14O5/c1-12(2,3)17-11(15)9(14)7-8(13)10-5-4-6-16-10/h4-6H,7H2,1-3H3. The molecule has 0 atom stereocenters. The normalized spacial score (nSPS) is 11.0. The molecule has 92 valence electrons. The Labute approximate surface area is 98.7 Å². The number of ketones is 2. The van der Waals surface area contributed by atoms with Crippen LogP contribution in [0.2, 0.25) is 0 Å². The van der Waals surface area contributed by atoms with E-state index in [0.29, 0.717) is 0 Å². The summed E-state index contributed by atoms with van der Waals surface area (Å²) >= 11 is 0. The predicted octanol–water partition coefficient (Wildman–Crippen LogP) is 1.76. The Morgan fingerprint density at radius 3 is 2.41 bits per heavy atom. The summed E-state index contributed by atoms with van der Waals surface area (Å²) in [5.74, 6) is -2.36. The van der Waals surface area contributed by atoms with E-state index in [0.717, 1.165) is 0 Å². The van der Waals surface area contributed by atoms with E-state index in [2.05, 4.69) is 0 Å². The van der Waals surface area contributed by atoms with Gasteiger partial charge >= 0.3 is 5.97 Å². The minimum absolute atomic E-state index is 0.0573. The van der Waals surface area contributed by atoms with Crippen molar-refractivity contribution in [3.05, 3.63) is 24.2 Å². The Balaban J connectivity index is 2.55. The molecule has 1 heterocycles. The summed E-state index contributed by atoms with van der Waals surface area (Å²) in [4.78, 5) is 34.2. The Kier molecular flexibility index (Phi) is 3.83. The Bertz CT molecular complexity index is 422. The number of hydrogen-bond acceptors (Lipinski definition) is 5. The number of carbonyl (C=O) groups is 3. The summed E-state index contributed by atoms with van der Waals surface area (Å²) in [6, 6.07) is 2.97. The molecule has 17 heavy (non-hydrogen) atoms. The number of furan rings is 1. The second-order valence-electron chi connectivity index (χ2n) is 4.50. The Morgan fingerprint density at radius 2 is 1.94 bits per heavy atom. The quantitative estimate of drug-likeness (QED) is 0.346. The summed E-state index contributed by atoms with van der Waals surface area (Å²) in [5.41, 5.74) is -0.750. The van der Waals surface area contributed by atoms with Crippen LogP contribution >= 0.6 is 0 Å². The summed E-state index contributed by atoms with van der Waals surface area (Å²) < 4.78 is 9.67. The molecular formula is C12H14O5. The molecule has 1 aromatic heterocycles. The first kappa shape index (κ1) is 13.2. The topological polar surface area (TPSA) is 73.6 Å². The number of esters is 1. The van der Waals surface area contributed by atoms with Gasteiger partial charge in [0.15, 0.2) is 5.76 Å². The lowest BCUT2D eigenvalue weighted by molar-refractivity contribution is -0.162. The van der Waals surface area contributed by atoms with Crippen LogP contribution in [0.1, 0.15) is 37.7 Å². The molecule has 0 unspecified atom stereocenters. The van der Waals surface area contributed by atoms with Gasteiger partial charge in [-0.1, -0.05) is 0 Å². The molecule has 0 amide bonds. The minimum Gasteiger partial charge on any atom is -0.461 e. The van der Waals surface area contributed by atoms with Crippen molar-refractivity contribution < 1.29 is 23.5 Å². The van der Waals surface area contributed by atoms with Crippen LogP contribution < -0.4 is 0 Å². The van der Waals surface area contributed by atoms with Gasteiger partial charge in [-0.15, -0.1) is 0 Å². The molecule has 0 aliphatic rings. The Morgan fingerprint density at radius 1 is 1.29 bits per heavy atom. The predicted molar refractivity (Wildman–Crippen MR) is 58.5 cm³/mol. The first-order valence-corrected chi connectivity index (χ1v) is 5.12. The van der Waals surface area contributed by atoms with Crippen LogP contribution in [0, 0.1) is 0 Å². The fraction of sp³-hybridized carbons (Fsp3) is 0.417. The lowest BCUT2D eigenvalue weighted by Crippen LogP contribution is -2.29. The van der Waals surface area contributed by atoms with E-state index in [1.165, 1.54) is 18.4 Å². The lowest BCUT2D eigenvalue weighted by atomic mass is 10.1. The molecule has 0 N–H and O–H groups in total. The number of ether oxygens (including phenoxy) is 1. The van der Waals surface area contributed by atoms with Crippen LogP contribution in [0.15, 0.2) is 22.8 Å². The fourth-order valence-electron chi connectivity index (χ4n) is 1.08. The molecular weight excluding hydrogens is 224 g/mol. The van der Waals surface area contributed by atoms with Crippen LogP contribution in [0.25, 0.3) is 0 Å². The fourth-order valence-corrected chi connectivity index (χ4v) is 1.08. The maximum atomic E-state index is 11.5. The smallest absolute Gasteiger partial charge is 0.375 e. The highest BCUT2D eigenvalue weighted by atomic mass is 16.6. The largest absolute Gasteiger partial charge is 0.461 e. The van der Waals surface area contributed by atoms with E-state index in [1.807, 2.05) is 0 Å². The Hall–Kier alpha value is -1.91. The molecule has 0 aliphatic heterocycles. The zero-order chi connectivity index (χ0) is 13.1. The summed E-state index contributed by atoms with van der Waals surface area (Å²) in [5, 5.41) is 0. The summed E-state index contributed by atoms with van der Waals surface area (Å²) in [7, 11) is 0. The van der Waals surface area contributed by atoms with E-state index in [-0.39, 0.29) is 5.76 Å². The van der Waals surface area contributed by atoms with E-state index in [9.17, 15) is 14.4 Å². The highest BCUT2D eigenvalue weighted by molar-refractivity contribution is 6.38. The van der Waals surface area contributed by atoms with Crippen LogP contribution in [-0.2, 0) is 14.3 Å². The van der Waals surface area contributed by atoms with Crippen LogP contribution in [-0.4, -0.2) is 23.1 Å². The third-order valence-electron chi connectivity index (χ3n) is 1.74. The average molecular weight is 238 g/mol. The van der Waals surface area contributed by atoms with Gasteiger partial charge in [0, 0.05) is 0 Å². The van der Waals surface area contributed by atoms with E-state index >= 15 is 0 Å². The molecule has 5 heteroatoms. The molecule has 0 saturated heterocycles. The summed E-state index contributed by atoms with van der Waals surface area (Å²) in [6.45, 7) is 4.94. The lowest BCUT2D eigenvalue weighted by Gasteiger charge is -2.18. The van der Waals surface area contributed by atoms with Crippen LogP contribution in [0.4, 0.5) is 0 Å². The molecule has 0 saturated carbocycles. The zero-order valence-electron chi connectivity index (χ0n) is 9.98. The second-order valence-corrected chi connectivity index (χ2v) is 4.50. The van der Waals surface area contributed by atoms with Gasteiger partial charge in [-0.05, 0) is 32.9 Å². The molecule has 0 fully saturated rings. The number of carbonyl (C=O) groups excluding carboxylic acids is 3. The van der Waals surface area contributed by atoms with Crippen molar-refractivity contribution in [2.45, 2.75) is 32.8 Å². The van der Waals surface area contributed by atoms with Crippen molar-refractivity contribution in [1.82, 2.24) is 0 Å². The van der Waals surface area contributed by atoms with Crippen molar-refractivity contribution in [1.29, 1.82) is 0 Å². The molecule has 0 aromatic carbocycles. The van der Waals surface area contributed by atoms with Gasteiger partial charge in [-0.25, -0.2) is 4.79 Å². The van der Waals surface area contributed by atoms with E-state index in [4.69, 9.17) is 9.15 Å². The van der Waals surface area contributed by atoms with Crippen molar-refractivity contribution >= 4 is 17.5 Å². The number of rotatable bonds is 4. The molecule has 0 aliphatic carbocycles. The monoisotopic (exact) mass is 238 g/mol. The third kappa shape index (κ3) is 4.22. The first-order chi connectivity index (χ1) is 7.79. The molecule has 1 aromatic rings. The molecule has 0 bridgehead atoms. The van der Waals surface area contributed by atoms with E-state index in [1.54, 1.807) is 20.8 Å². The van der Waals surface area contributed by atoms with Crippen molar-refractivity contribution in [2.75, 3.05) is 0 Å². The van der Waals surface area contributed by atoms with Gasteiger partial charge < -0.3 is 9.15 Å². The minimum atomic E-state index is -1.00. The second kappa shape index (κ2) is 4.95. The molecule has 1 rings (SSSR count). The molecule has 5 nitrogen and oxygen atoms in total. The van der Waals surface area contributed by atoms with Gasteiger partial charge in [0.25, 0.3) is 0 Å². The SMILES string of the molecule is CC(C)(C)OC(=O)C(=O)CC(=O)c1ccco1. The van der Waals surface area contributed by atoms with Gasteiger partial charge in [-0.3, -0.25) is 9.59 Å². The number of hydrogen-bond donors (Lipinski definition) is 0. The molecule has 0 spiro atoms. The van der Waals surface area contributed by atoms with Crippen molar-refractivity contribution in [3.8, 4) is 0 Å². The zero-order valence-corrected chi connectivity index (χ0v) is 9.98. The maximum Gasteiger partial charge on any atom is 0.375 e. The molecule has 0 radical (unpaired) electrons. The van der Waals surface area contributed by atoms with E-state index < -0.39 is 29.6 Å². The van der Waals surface area contributed by atoms with Gasteiger partial charge in [0.1, 0.15) is 5.60 Å². The average Bonchev–Trinajstić information content (AvgIpc) is 2.67. The van der Waals surface area contributed by atoms with Gasteiger partial charge in [0.05, 0.1) is 12.7 Å². The number of Topliss-reactive ketones (excluding diaryl/α,β-unsaturated/α-hetero) is 2. The third-order valence-corrected chi connectivity index (χ3v) is 1.74. The van der Waals surface area contributed by atoms with Gasteiger partial charge in [0.2, 0.25) is 11.6 Å². The first-order valence-electron chi connectivity index (χ1n) is 5.12. The summed E-state index contributed by atoms with van der Waals surface area (Å²) in [6.07, 6.45) is 0.785. The highest BCUT2D eigenvalue weighted by Crippen LogP contribution is 2.09.